The number of benzene rings is 1. The van der Waals surface area contributed by atoms with Crippen molar-refractivity contribution in [2.75, 3.05) is 25.4 Å². The SMILES string of the molecule is CCCN(CCO)Cc1ccc(Br)cc1N. The molecule has 0 bridgehead atoms. The van der Waals surface area contributed by atoms with Crippen molar-refractivity contribution in [2.45, 2.75) is 19.9 Å². The summed E-state index contributed by atoms with van der Waals surface area (Å²) in [5.41, 5.74) is 7.86. The normalized spacial score (nSPS) is 11.0. The lowest BCUT2D eigenvalue weighted by Crippen LogP contribution is -2.27. The molecule has 0 spiro atoms. The van der Waals surface area contributed by atoms with Crippen molar-refractivity contribution in [1.29, 1.82) is 0 Å². The van der Waals surface area contributed by atoms with E-state index in [2.05, 4.69) is 27.8 Å². The molecule has 1 aromatic rings. The third-order valence-corrected chi connectivity index (χ3v) is 2.95. The van der Waals surface area contributed by atoms with Gasteiger partial charge in [-0.3, -0.25) is 4.90 Å². The maximum atomic E-state index is 8.97. The van der Waals surface area contributed by atoms with E-state index in [4.69, 9.17) is 10.8 Å². The van der Waals surface area contributed by atoms with E-state index in [-0.39, 0.29) is 6.61 Å². The second-order valence-electron chi connectivity index (χ2n) is 3.84. The van der Waals surface area contributed by atoms with Gasteiger partial charge >= 0.3 is 0 Å². The largest absolute Gasteiger partial charge is 0.398 e. The molecule has 0 atom stereocenters. The fourth-order valence-electron chi connectivity index (χ4n) is 1.68. The van der Waals surface area contributed by atoms with E-state index in [1.165, 1.54) is 0 Å². The standard InChI is InChI=1S/C12H19BrN2O/c1-2-5-15(6-7-16)9-10-3-4-11(13)8-12(10)14/h3-4,8,16H,2,5-7,9,14H2,1H3. The fraction of sp³-hybridized carbons (Fsp3) is 0.500. The number of nitrogen functional groups attached to an aromatic ring is 1. The highest BCUT2D eigenvalue weighted by atomic mass is 79.9. The average Bonchev–Trinajstić information content (AvgIpc) is 2.23. The third-order valence-electron chi connectivity index (χ3n) is 2.46. The average molecular weight is 287 g/mol. The Balaban J connectivity index is 2.68. The maximum Gasteiger partial charge on any atom is 0.0558 e. The van der Waals surface area contributed by atoms with Crippen LogP contribution in [0.2, 0.25) is 0 Å². The first-order chi connectivity index (χ1) is 7.67. The summed E-state index contributed by atoms with van der Waals surface area (Å²) in [6, 6.07) is 5.94. The summed E-state index contributed by atoms with van der Waals surface area (Å²) in [6.07, 6.45) is 1.08. The Labute approximate surface area is 105 Å². The number of halogens is 1. The molecule has 0 radical (unpaired) electrons. The maximum absolute atomic E-state index is 8.97. The molecule has 0 aromatic heterocycles. The number of hydrogen-bond donors (Lipinski definition) is 2. The topological polar surface area (TPSA) is 49.5 Å². The molecule has 0 unspecified atom stereocenters. The molecule has 0 aliphatic heterocycles. The summed E-state index contributed by atoms with van der Waals surface area (Å²) in [7, 11) is 0. The van der Waals surface area contributed by atoms with Crippen LogP contribution < -0.4 is 5.73 Å². The van der Waals surface area contributed by atoms with Crippen molar-refractivity contribution >= 4 is 21.6 Å². The van der Waals surface area contributed by atoms with Gasteiger partial charge in [0.15, 0.2) is 0 Å². The van der Waals surface area contributed by atoms with Gasteiger partial charge in [-0.05, 0) is 30.7 Å². The van der Waals surface area contributed by atoms with E-state index in [9.17, 15) is 0 Å². The number of rotatable bonds is 6. The van der Waals surface area contributed by atoms with Crippen LogP contribution in [0.15, 0.2) is 22.7 Å². The number of hydrogen-bond acceptors (Lipinski definition) is 3. The molecule has 0 saturated carbocycles. The van der Waals surface area contributed by atoms with Crippen LogP contribution in [0.4, 0.5) is 5.69 Å². The first kappa shape index (κ1) is 13.5. The Morgan fingerprint density at radius 2 is 2.12 bits per heavy atom. The van der Waals surface area contributed by atoms with Crippen LogP contribution in [0.25, 0.3) is 0 Å². The number of aliphatic hydroxyl groups is 1. The Hall–Kier alpha value is -0.580. The Bertz CT molecular complexity index is 325. The van der Waals surface area contributed by atoms with Gasteiger partial charge in [0.1, 0.15) is 0 Å². The van der Waals surface area contributed by atoms with Crippen LogP contribution in [0, 0.1) is 0 Å². The van der Waals surface area contributed by atoms with Gasteiger partial charge < -0.3 is 10.8 Å². The molecule has 0 fully saturated rings. The molecule has 3 nitrogen and oxygen atoms in total. The predicted molar refractivity (Wildman–Crippen MR) is 71.2 cm³/mol. The van der Waals surface area contributed by atoms with Crippen molar-refractivity contribution in [3.05, 3.63) is 28.2 Å². The molecule has 1 rings (SSSR count). The van der Waals surface area contributed by atoms with Crippen molar-refractivity contribution in [1.82, 2.24) is 4.90 Å². The van der Waals surface area contributed by atoms with Crippen LogP contribution in [0.1, 0.15) is 18.9 Å². The Kier molecular flexibility index (Phi) is 5.80. The summed E-state index contributed by atoms with van der Waals surface area (Å²) >= 11 is 3.39. The monoisotopic (exact) mass is 286 g/mol. The zero-order chi connectivity index (χ0) is 12.0. The van der Waals surface area contributed by atoms with Crippen molar-refractivity contribution < 1.29 is 5.11 Å². The van der Waals surface area contributed by atoms with Gasteiger partial charge in [0.05, 0.1) is 6.61 Å². The molecule has 1 aromatic carbocycles. The van der Waals surface area contributed by atoms with Gasteiger partial charge in [0.2, 0.25) is 0 Å². The smallest absolute Gasteiger partial charge is 0.0558 e. The molecule has 4 heteroatoms. The van der Waals surface area contributed by atoms with E-state index in [0.717, 1.165) is 35.2 Å². The molecule has 0 aliphatic carbocycles. The number of aliphatic hydroxyl groups excluding tert-OH is 1. The summed E-state index contributed by atoms with van der Waals surface area (Å²) in [6.45, 7) is 4.80. The van der Waals surface area contributed by atoms with E-state index < -0.39 is 0 Å². The lowest BCUT2D eigenvalue weighted by atomic mass is 10.1. The second kappa shape index (κ2) is 6.89. The molecule has 3 N–H and O–H groups in total. The summed E-state index contributed by atoms with van der Waals surface area (Å²) in [4.78, 5) is 2.21. The van der Waals surface area contributed by atoms with Crippen molar-refractivity contribution in [3.63, 3.8) is 0 Å². The van der Waals surface area contributed by atoms with Crippen LogP contribution in [0.5, 0.6) is 0 Å². The van der Waals surface area contributed by atoms with Crippen LogP contribution in [-0.2, 0) is 6.54 Å². The first-order valence-corrected chi connectivity index (χ1v) is 6.33. The Morgan fingerprint density at radius 1 is 1.38 bits per heavy atom. The minimum atomic E-state index is 0.191. The van der Waals surface area contributed by atoms with E-state index in [1.807, 2.05) is 18.2 Å². The van der Waals surface area contributed by atoms with Gasteiger partial charge in [0.25, 0.3) is 0 Å². The van der Waals surface area contributed by atoms with E-state index >= 15 is 0 Å². The molecular weight excluding hydrogens is 268 g/mol. The van der Waals surface area contributed by atoms with Gasteiger partial charge in [-0.25, -0.2) is 0 Å². The third kappa shape index (κ3) is 4.12. The Morgan fingerprint density at radius 3 is 2.69 bits per heavy atom. The highest BCUT2D eigenvalue weighted by Gasteiger charge is 2.07. The van der Waals surface area contributed by atoms with E-state index in [1.54, 1.807) is 0 Å². The molecule has 0 heterocycles. The molecule has 0 aliphatic rings. The highest BCUT2D eigenvalue weighted by molar-refractivity contribution is 9.10. The van der Waals surface area contributed by atoms with Gasteiger partial charge in [-0.2, -0.15) is 0 Å². The second-order valence-corrected chi connectivity index (χ2v) is 4.76. The zero-order valence-electron chi connectivity index (χ0n) is 9.62. The van der Waals surface area contributed by atoms with Crippen LogP contribution >= 0.6 is 15.9 Å². The number of nitrogens with zero attached hydrogens (tertiary/aromatic N) is 1. The van der Waals surface area contributed by atoms with E-state index in [0.29, 0.717) is 6.54 Å². The fourth-order valence-corrected chi connectivity index (χ4v) is 2.06. The minimum Gasteiger partial charge on any atom is -0.398 e. The molecule has 0 saturated heterocycles. The predicted octanol–water partition coefficient (Wildman–Crippen LogP) is 2.24. The lowest BCUT2D eigenvalue weighted by molar-refractivity contribution is 0.190. The van der Waals surface area contributed by atoms with Crippen molar-refractivity contribution in [3.8, 4) is 0 Å². The zero-order valence-corrected chi connectivity index (χ0v) is 11.2. The highest BCUT2D eigenvalue weighted by Crippen LogP contribution is 2.19. The summed E-state index contributed by atoms with van der Waals surface area (Å²) in [5.74, 6) is 0. The first-order valence-electron chi connectivity index (χ1n) is 5.54. The lowest BCUT2D eigenvalue weighted by Gasteiger charge is -2.21. The molecule has 90 valence electrons. The molecular formula is C12H19BrN2O. The molecule has 16 heavy (non-hydrogen) atoms. The summed E-state index contributed by atoms with van der Waals surface area (Å²) < 4.78 is 0.998. The van der Waals surface area contributed by atoms with Crippen LogP contribution in [-0.4, -0.2) is 29.7 Å². The van der Waals surface area contributed by atoms with Crippen molar-refractivity contribution in [2.24, 2.45) is 0 Å². The van der Waals surface area contributed by atoms with Crippen LogP contribution in [0.3, 0.4) is 0 Å². The number of nitrogens with two attached hydrogens (primary N) is 1. The van der Waals surface area contributed by atoms with Gasteiger partial charge in [-0.15, -0.1) is 0 Å². The summed E-state index contributed by atoms with van der Waals surface area (Å²) in [5, 5.41) is 8.97. The number of anilines is 1. The molecule has 0 amide bonds. The van der Waals surface area contributed by atoms with Gasteiger partial charge in [-0.1, -0.05) is 28.9 Å². The van der Waals surface area contributed by atoms with Gasteiger partial charge in [0, 0.05) is 23.2 Å². The quantitative estimate of drug-likeness (QED) is 0.789. The minimum absolute atomic E-state index is 0.191.